The van der Waals surface area contributed by atoms with Crippen molar-refractivity contribution >= 4 is 5.82 Å². The molecule has 1 aliphatic rings. The van der Waals surface area contributed by atoms with Crippen LogP contribution in [-0.4, -0.2) is 23.0 Å². The van der Waals surface area contributed by atoms with Crippen LogP contribution in [0.25, 0.3) is 0 Å². The first kappa shape index (κ1) is 12.4. The fourth-order valence-electron chi connectivity index (χ4n) is 2.68. The topological polar surface area (TPSA) is 42.2 Å². The van der Waals surface area contributed by atoms with Crippen molar-refractivity contribution in [3.8, 4) is 0 Å². The zero-order chi connectivity index (χ0) is 12.4. The molecular formula is C14H23N3. The number of nitrogen functional groups attached to an aromatic ring is 1. The summed E-state index contributed by atoms with van der Waals surface area (Å²) in [6, 6.07) is 2.75. The van der Waals surface area contributed by atoms with Gasteiger partial charge >= 0.3 is 0 Å². The first-order valence-electron chi connectivity index (χ1n) is 6.54. The maximum atomic E-state index is 5.78. The number of nitrogens with zero attached hydrogens (tertiary/aromatic N) is 2. The van der Waals surface area contributed by atoms with Crippen molar-refractivity contribution in [1.29, 1.82) is 0 Å². The summed E-state index contributed by atoms with van der Waals surface area (Å²) >= 11 is 0. The number of pyridine rings is 1. The molecule has 1 aromatic heterocycles. The summed E-state index contributed by atoms with van der Waals surface area (Å²) in [7, 11) is 0. The molecular weight excluding hydrogens is 210 g/mol. The van der Waals surface area contributed by atoms with E-state index in [1.54, 1.807) is 0 Å². The maximum Gasteiger partial charge on any atom is 0.126 e. The van der Waals surface area contributed by atoms with E-state index >= 15 is 0 Å². The van der Waals surface area contributed by atoms with Crippen LogP contribution in [0.1, 0.15) is 43.9 Å². The van der Waals surface area contributed by atoms with Gasteiger partial charge in [0.15, 0.2) is 0 Å². The Kier molecular flexibility index (Phi) is 3.67. The molecule has 2 rings (SSSR count). The molecule has 2 N–H and O–H groups in total. The van der Waals surface area contributed by atoms with Gasteiger partial charge in [0.2, 0.25) is 0 Å². The predicted molar refractivity (Wildman–Crippen MR) is 71.8 cm³/mol. The Morgan fingerprint density at radius 1 is 1.53 bits per heavy atom. The molecule has 1 saturated heterocycles. The third-order valence-electron chi connectivity index (χ3n) is 3.49. The van der Waals surface area contributed by atoms with Crippen molar-refractivity contribution in [2.45, 2.75) is 39.7 Å². The van der Waals surface area contributed by atoms with Crippen LogP contribution < -0.4 is 5.73 Å². The van der Waals surface area contributed by atoms with Gasteiger partial charge in [-0.15, -0.1) is 0 Å². The predicted octanol–water partition coefficient (Wildman–Crippen LogP) is 2.77. The van der Waals surface area contributed by atoms with Gasteiger partial charge in [0.05, 0.1) is 0 Å². The molecule has 2 heterocycles. The largest absolute Gasteiger partial charge is 0.383 e. The highest BCUT2D eigenvalue weighted by Gasteiger charge is 2.26. The summed E-state index contributed by atoms with van der Waals surface area (Å²) in [4.78, 5) is 6.87. The number of aryl methyl sites for hydroxylation is 1. The van der Waals surface area contributed by atoms with E-state index in [0.29, 0.717) is 11.9 Å². The summed E-state index contributed by atoms with van der Waals surface area (Å²) in [5.74, 6) is 1.38. The van der Waals surface area contributed by atoms with Gasteiger partial charge in [-0.1, -0.05) is 13.8 Å². The SMILES string of the molecule is Cc1cc([C@@H]2CCCN2CC(C)C)cnc1N. The Labute approximate surface area is 104 Å². The van der Waals surface area contributed by atoms with E-state index in [2.05, 4.69) is 29.8 Å². The van der Waals surface area contributed by atoms with Crippen LogP contribution in [0.3, 0.4) is 0 Å². The molecule has 3 heteroatoms. The van der Waals surface area contributed by atoms with Crippen molar-refractivity contribution in [2.75, 3.05) is 18.8 Å². The summed E-state index contributed by atoms with van der Waals surface area (Å²) in [6.07, 6.45) is 4.49. The number of nitrogens with two attached hydrogens (primary N) is 1. The van der Waals surface area contributed by atoms with Crippen molar-refractivity contribution < 1.29 is 0 Å². The van der Waals surface area contributed by atoms with E-state index < -0.39 is 0 Å². The Hall–Kier alpha value is -1.09. The van der Waals surface area contributed by atoms with Crippen LogP contribution in [0, 0.1) is 12.8 Å². The molecule has 0 unspecified atom stereocenters. The fraction of sp³-hybridized carbons (Fsp3) is 0.643. The molecule has 0 spiro atoms. The molecule has 1 atom stereocenters. The molecule has 17 heavy (non-hydrogen) atoms. The average molecular weight is 233 g/mol. The quantitative estimate of drug-likeness (QED) is 0.873. The Morgan fingerprint density at radius 3 is 2.94 bits per heavy atom. The highest BCUT2D eigenvalue weighted by molar-refractivity contribution is 5.40. The van der Waals surface area contributed by atoms with Gasteiger partial charge in [0.1, 0.15) is 5.82 Å². The maximum absolute atomic E-state index is 5.78. The Morgan fingerprint density at radius 2 is 2.29 bits per heavy atom. The van der Waals surface area contributed by atoms with Crippen LogP contribution in [0.4, 0.5) is 5.82 Å². The highest BCUT2D eigenvalue weighted by Crippen LogP contribution is 2.32. The first-order chi connectivity index (χ1) is 8.08. The zero-order valence-electron chi connectivity index (χ0n) is 11.1. The number of aromatic nitrogens is 1. The second kappa shape index (κ2) is 5.05. The summed E-state index contributed by atoms with van der Waals surface area (Å²) < 4.78 is 0. The Bertz CT molecular complexity index is 387. The van der Waals surface area contributed by atoms with E-state index in [1.807, 2.05) is 13.1 Å². The lowest BCUT2D eigenvalue weighted by atomic mass is 10.0. The van der Waals surface area contributed by atoms with E-state index in [0.717, 1.165) is 11.5 Å². The van der Waals surface area contributed by atoms with Gasteiger partial charge in [0.25, 0.3) is 0 Å². The third-order valence-corrected chi connectivity index (χ3v) is 3.49. The second-order valence-electron chi connectivity index (χ2n) is 5.52. The molecule has 1 aromatic rings. The smallest absolute Gasteiger partial charge is 0.126 e. The van der Waals surface area contributed by atoms with Crippen LogP contribution in [0.5, 0.6) is 0 Å². The lowest BCUT2D eigenvalue weighted by Crippen LogP contribution is -2.27. The van der Waals surface area contributed by atoms with Gasteiger partial charge in [0, 0.05) is 18.8 Å². The van der Waals surface area contributed by atoms with Crippen molar-refractivity contribution in [3.63, 3.8) is 0 Å². The minimum atomic E-state index is 0.546. The summed E-state index contributed by atoms with van der Waals surface area (Å²) in [6.45, 7) is 8.98. The standard InChI is InChI=1S/C14H23N3/c1-10(2)9-17-6-4-5-13(17)12-7-11(3)14(15)16-8-12/h7-8,10,13H,4-6,9H2,1-3H3,(H2,15,16)/t13-/m0/s1. The monoisotopic (exact) mass is 233 g/mol. The molecule has 0 aliphatic carbocycles. The normalized spacial score (nSPS) is 21.3. The lowest BCUT2D eigenvalue weighted by molar-refractivity contribution is 0.228. The van der Waals surface area contributed by atoms with Gasteiger partial charge < -0.3 is 5.73 Å². The van der Waals surface area contributed by atoms with Crippen LogP contribution in [-0.2, 0) is 0 Å². The first-order valence-corrected chi connectivity index (χ1v) is 6.54. The molecule has 94 valence electrons. The number of anilines is 1. The van der Waals surface area contributed by atoms with E-state index in [-0.39, 0.29) is 0 Å². The van der Waals surface area contributed by atoms with Gasteiger partial charge in [-0.25, -0.2) is 4.98 Å². The summed E-state index contributed by atoms with van der Waals surface area (Å²) in [5, 5.41) is 0. The number of rotatable bonds is 3. The molecule has 3 nitrogen and oxygen atoms in total. The van der Waals surface area contributed by atoms with Crippen molar-refractivity contribution in [1.82, 2.24) is 9.88 Å². The zero-order valence-corrected chi connectivity index (χ0v) is 11.1. The van der Waals surface area contributed by atoms with Gasteiger partial charge in [-0.2, -0.15) is 0 Å². The van der Waals surface area contributed by atoms with E-state index in [1.165, 1.54) is 31.5 Å². The molecule has 1 aliphatic heterocycles. The Balaban J connectivity index is 2.17. The average Bonchev–Trinajstić information content (AvgIpc) is 2.69. The van der Waals surface area contributed by atoms with Crippen molar-refractivity contribution in [3.05, 3.63) is 23.4 Å². The van der Waals surface area contributed by atoms with Gasteiger partial charge in [-0.05, 0) is 49.4 Å². The van der Waals surface area contributed by atoms with Gasteiger partial charge in [-0.3, -0.25) is 4.90 Å². The molecule has 0 aromatic carbocycles. The number of likely N-dealkylation sites (tertiary alicyclic amines) is 1. The van der Waals surface area contributed by atoms with E-state index in [4.69, 9.17) is 5.73 Å². The van der Waals surface area contributed by atoms with E-state index in [9.17, 15) is 0 Å². The molecule has 1 fully saturated rings. The lowest BCUT2D eigenvalue weighted by Gasteiger charge is -2.26. The summed E-state index contributed by atoms with van der Waals surface area (Å²) in [5.41, 5.74) is 8.20. The molecule has 0 radical (unpaired) electrons. The second-order valence-corrected chi connectivity index (χ2v) is 5.52. The van der Waals surface area contributed by atoms with Crippen LogP contribution in [0.2, 0.25) is 0 Å². The highest BCUT2D eigenvalue weighted by atomic mass is 15.2. The van der Waals surface area contributed by atoms with Crippen molar-refractivity contribution in [2.24, 2.45) is 5.92 Å². The molecule has 0 amide bonds. The number of hydrogen-bond acceptors (Lipinski definition) is 3. The number of hydrogen-bond donors (Lipinski definition) is 1. The van der Waals surface area contributed by atoms with Crippen LogP contribution >= 0.6 is 0 Å². The fourth-order valence-corrected chi connectivity index (χ4v) is 2.68. The van der Waals surface area contributed by atoms with Crippen LogP contribution in [0.15, 0.2) is 12.3 Å². The molecule has 0 bridgehead atoms. The third kappa shape index (κ3) is 2.78. The minimum Gasteiger partial charge on any atom is -0.383 e. The molecule has 0 saturated carbocycles. The minimum absolute atomic E-state index is 0.546.